The van der Waals surface area contributed by atoms with Crippen molar-refractivity contribution >= 4 is 23.1 Å². The van der Waals surface area contributed by atoms with Crippen LogP contribution in [0, 0.1) is 0 Å². The van der Waals surface area contributed by atoms with Gasteiger partial charge in [-0.2, -0.15) is 4.31 Å². The van der Waals surface area contributed by atoms with E-state index in [9.17, 15) is 17.8 Å². The number of nitrogens with zero attached hydrogens (tertiary/aromatic N) is 1. The van der Waals surface area contributed by atoms with Crippen molar-refractivity contribution in [3.05, 3.63) is 54.6 Å². The van der Waals surface area contributed by atoms with E-state index in [1.807, 2.05) is 18.2 Å². The molecule has 0 spiro atoms. The Morgan fingerprint density at radius 3 is 2.08 bits per heavy atom. The van der Waals surface area contributed by atoms with Gasteiger partial charge < -0.3 is 14.4 Å². The molecule has 7 nitrogen and oxygen atoms in total. The van der Waals surface area contributed by atoms with Gasteiger partial charge in [-0.25, -0.2) is 8.42 Å². The number of rotatable bonds is 8. The first-order valence-electron chi connectivity index (χ1n) is 7.67. The van der Waals surface area contributed by atoms with Crippen molar-refractivity contribution in [2.75, 3.05) is 26.2 Å². The number of hydrogen-bond donors (Lipinski definition) is 1. The van der Waals surface area contributed by atoms with Crippen molar-refractivity contribution in [3.63, 3.8) is 0 Å². The predicted octanol–water partition coefficient (Wildman–Crippen LogP) is 3.13. The zero-order valence-electron chi connectivity index (χ0n) is 14.4. The molecule has 2 aromatic rings. The molecule has 0 aliphatic carbocycles. The van der Waals surface area contributed by atoms with E-state index in [2.05, 4.69) is 0 Å². The quantitative estimate of drug-likeness (QED) is 0.687. The molecule has 0 saturated heterocycles. The van der Waals surface area contributed by atoms with Crippen LogP contribution in [-0.4, -0.2) is 50.0 Å². The van der Waals surface area contributed by atoms with Gasteiger partial charge in [-0.1, -0.05) is 18.2 Å². The summed E-state index contributed by atoms with van der Waals surface area (Å²) in [6.45, 7) is 2.07. The molecule has 0 aliphatic heterocycles. The number of sulfonamides is 1. The molecule has 26 heavy (non-hydrogen) atoms. The molecule has 0 bridgehead atoms. The number of carboxylic acids is 1. The SMILES string of the molecule is CP(C)(=O)CN(CC(=O)O)S(=O)(=O)c1ccc(Oc2ccccc2)cc1. The lowest BCUT2D eigenvalue weighted by Crippen LogP contribution is -2.36. The second-order valence-electron chi connectivity index (χ2n) is 6.11. The van der Waals surface area contributed by atoms with Crippen LogP contribution in [0.3, 0.4) is 0 Å². The van der Waals surface area contributed by atoms with Crippen LogP contribution in [0.1, 0.15) is 0 Å². The summed E-state index contributed by atoms with van der Waals surface area (Å²) in [4.78, 5) is 10.9. The highest BCUT2D eigenvalue weighted by molar-refractivity contribution is 7.89. The van der Waals surface area contributed by atoms with Gasteiger partial charge in [0.2, 0.25) is 10.0 Å². The maximum Gasteiger partial charge on any atom is 0.318 e. The van der Waals surface area contributed by atoms with Crippen molar-refractivity contribution < 1.29 is 27.6 Å². The van der Waals surface area contributed by atoms with Crippen LogP contribution in [0.2, 0.25) is 0 Å². The van der Waals surface area contributed by atoms with Crippen LogP contribution < -0.4 is 4.74 Å². The van der Waals surface area contributed by atoms with E-state index in [-0.39, 0.29) is 11.2 Å². The van der Waals surface area contributed by atoms with Gasteiger partial charge in [0, 0.05) is 0 Å². The topological polar surface area (TPSA) is 101 Å². The minimum Gasteiger partial charge on any atom is -0.480 e. The first-order chi connectivity index (χ1) is 12.1. The summed E-state index contributed by atoms with van der Waals surface area (Å²) in [6, 6.07) is 14.6. The molecule has 0 radical (unpaired) electrons. The average Bonchev–Trinajstić information content (AvgIpc) is 2.54. The maximum absolute atomic E-state index is 12.7. The van der Waals surface area contributed by atoms with Gasteiger partial charge >= 0.3 is 5.97 Å². The molecule has 140 valence electrons. The van der Waals surface area contributed by atoms with E-state index in [1.165, 1.54) is 37.6 Å². The fourth-order valence-corrected chi connectivity index (χ4v) is 5.56. The number of benzene rings is 2. The minimum atomic E-state index is -4.09. The standard InChI is InChI=1S/C17H20NO6PS/c1-25(2,21)13-18(12-17(19)20)26(22,23)16-10-8-15(9-11-16)24-14-6-4-3-5-7-14/h3-11H,12-13H2,1-2H3,(H,19,20). The number of aliphatic carboxylic acids is 1. The van der Waals surface area contributed by atoms with Crippen molar-refractivity contribution in [1.82, 2.24) is 4.31 Å². The summed E-state index contributed by atoms with van der Waals surface area (Å²) in [5, 5.41) is 8.98. The monoisotopic (exact) mass is 397 g/mol. The van der Waals surface area contributed by atoms with Crippen LogP contribution in [0.5, 0.6) is 11.5 Å². The van der Waals surface area contributed by atoms with Gasteiger partial charge in [0.25, 0.3) is 0 Å². The van der Waals surface area contributed by atoms with Crippen molar-refractivity contribution in [1.29, 1.82) is 0 Å². The minimum absolute atomic E-state index is 0.0902. The molecule has 9 heteroatoms. The number of para-hydroxylation sites is 1. The Balaban J connectivity index is 2.26. The highest BCUT2D eigenvalue weighted by Crippen LogP contribution is 2.38. The number of carboxylic acid groups (broad SMARTS) is 1. The average molecular weight is 397 g/mol. The highest BCUT2D eigenvalue weighted by atomic mass is 32.2. The van der Waals surface area contributed by atoms with Crippen LogP contribution >= 0.6 is 7.14 Å². The lowest BCUT2D eigenvalue weighted by atomic mass is 10.3. The molecule has 1 N–H and O–H groups in total. The van der Waals surface area contributed by atoms with Gasteiger partial charge in [0.1, 0.15) is 18.0 Å². The van der Waals surface area contributed by atoms with E-state index in [0.29, 0.717) is 11.5 Å². The Hall–Kier alpha value is -2.15. The van der Waals surface area contributed by atoms with Crippen LogP contribution in [0.4, 0.5) is 0 Å². The first kappa shape index (κ1) is 20.2. The van der Waals surface area contributed by atoms with Gasteiger partial charge in [-0.3, -0.25) is 4.79 Å². The molecule has 0 fully saturated rings. The summed E-state index contributed by atoms with van der Waals surface area (Å²) in [6.07, 6.45) is -0.343. The zero-order valence-corrected chi connectivity index (χ0v) is 16.1. The third-order valence-electron chi connectivity index (χ3n) is 3.25. The molecule has 0 aliphatic rings. The largest absolute Gasteiger partial charge is 0.480 e. The Kier molecular flexibility index (Phi) is 6.23. The van der Waals surface area contributed by atoms with Crippen LogP contribution in [0.15, 0.2) is 59.5 Å². The third-order valence-corrected chi connectivity index (χ3v) is 6.27. The molecule has 0 aromatic heterocycles. The molecule has 2 rings (SSSR count). The van der Waals surface area contributed by atoms with Gasteiger partial charge in [0.15, 0.2) is 0 Å². The van der Waals surface area contributed by atoms with E-state index in [4.69, 9.17) is 9.84 Å². The molecule has 0 saturated carbocycles. The zero-order chi connectivity index (χ0) is 19.4. The van der Waals surface area contributed by atoms with Crippen molar-refractivity contribution in [2.24, 2.45) is 0 Å². The van der Waals surface area contributed by atoms with E-state index in [0.717, 1.165) is 4.31 Å². The third kappa shape index (κ3) is 5.69. The van der Waals surface area contributed by atoms with Crippen molar-refractivity contribution in [2.45, 2.75) is 4.90 Å². The maximum atomic E-state index is 12.7. The number of carbonyl (C=O) groups is 1. The van der Waals surface area contributed by atoms with E-state index in [1.54, 1.807) is 12.1 Å². The van der Waals surface area contributed by atoms with E-state index >= 15 is 0 Å². The van der Waals surface area contributed by atoms with Crippen LogP contribution in [-0.2, 0) is 19.4 Å². The Morgan fingerprint density at radius 2 is 1.58 bits per heavy atom. The number of hydrogen-bond acceptors (Lipinski definition) is 5. The predicted molar refractivity (Wildman–Crippen MR) is 98.8 cm³/mol. The fourth-order valence-electron chi connectivity index (χ4n) is 2.20. The lowest BCUT2D eigenvalue weighted by Gasteiger charge is -2.22. The molecule has 0 atom stereocenters. The number of ether oxygens (including phenoxy) is 1. The molecule has 0 amide bonds. The van der Waals surface area contributed by atoms with Crippen LogP contribution in [0.25, 0.3) is 0 Å². The smallest absolute Gasteiger partial charge is 0.318 e. The highest BCUT2D eigenvalue weighted by Gasteiger charge is 2.30. The second kappa shape index (κ2) is 8.03. The summed E-state index contributed by atoms with van der Waals surface area (Å²) in [7, 11) is -6.89. The fraction of sp³-hybridized carbons (Fsp3) is 0.235. The lowest BCUT2D eigenvalue weighted by molar-refractivity contribution is -0.137. The summed E-state index contributed by atoms with van der Waals surface area (Å²) >= 11 is 0. The second-order valence-corrected chi connectivity index (χ2v) is 11.5. The first-order valence-corrected chi connectivity index (χ1v) is 11.9. The Bertz CT molecular complexity index is 906. The Morgan fingerprint density at radius 1 is 1.04 bits per heavy atom. The molecule has 2 aromatic carbocycles. The van der Waals surface area contributed by atoms with Gasteiger partial charge in [-0.05, 0) is 49.7 Å². The summed E-state index contributed by atoms with van der Waals surface area (Å²) in [5.74, 6) is -0.267. The Labute approximate surface area is 152 Å². The molecular formula is C17H20NO6PS. The van der Waals surface area contributed by atoms with Gasteiger partial charge in [-0.15, -0.1) is 0 Å². The van der Waals surface area contributed by atoms with E-state index < -0.39 is 29.7 Å². The van der Waals surface area contributed by atoms with Gasteiger partial charge in [0.05, 0.1) is 18.3 Å². The van der Waals surface area contributed by atoms with Crippen molar-refractivity contribution in [3.8, 4) is 11.5 Å². The molecular weight excluding hydrogens is 377 g/mol. The summed E-state index contributed by atoms with van der Waals surface area (Å²) < 4.78 is 43.8. The molecule has 0 unspecified atom stereocenters. The molecule has 0 heterocycles. The summed E-state index contributed by atoms with van der Waals surface area (Å²) in [5.41, 5.74) is 0. The normalized spacial score (nSPS) is 12.1.